The number of halogens is 1. The van der Waals surface area contributed by atoms with Gasteiger partial charge in [-0.3, -0.25) is 19.5 Å². The Bertz CT molecular complexity index is 1050. The molecule has 1 N–H and O–H groups in total. The summed E-state index contributed by atoms with van der Waals surface area (Å²) in [6.07, 6.45) is 3.03. The number of nitrogens with zero attached hydrogens (tertiary/aromatic N) is 2. The quantitative estimate of drug-likeness (QED) is 0.404. The highest BCUT2D eigenvalue weighted by molar-refractivity contribution is 7.10. The molecule has 4 rings (SSSR count). The van der Waals surface area contributed by atoms with Crippen LogP contribution in [-0.4, -0.2) is 21.8 Å². The van der Waals surface area contributed by atoms with Gasteiger partial charge in [-0.2, -0.15) is 0 Å². The van der Waals surface area contributed by atoms with Crippen molar-refractivity contribution in [3.8, 4) is 0 Å². The van der Waals surface area contributed by atoms with Crippen molar-refractivity contribution in [3.05, 3.63) is 87.3 Å². The molecule has 0 saturated carbocycles. The Kier molecular flexibility index (Phi) is 4.51. The molecule has 2 aromatic heterocycles. The molecule has 7 heteroatoms. The molecule has 0 radical (unpaired) electrons. The number of ketones is 1. The number of benzene rings is 1. The summed E-state index contributed by atoms with van der Waals surface area (Å²) < 4.78 is 0. The predicted octanol–water partition coefficient (Wildman–Crippen LogP) is 4.42. The molecular weight excluding hydrogens is 384 g/mol. The van der Waals surface area contributed by atoms with Crippen molar-refractivity contribution >= 4 is 46.1 Å². The van der Waals surface area contributed by atoms with Crippen LogP contribution in [0.15, 0.2) is 71.9 Å². The maximum absolute atomic E-state index is 12.8. The molecule has 1 saturated heterocycles. The number of hydrogen-bond acceptors (Lipinski definition) is 5. The van der Waals surface area contributed by atoms with Gasteiger partial charge >= 0.3 is 0 Å². The van der Waals surface area contributed by atoms with E-state index in [4.69, 9.17) is 11.6 Å². The third-order valence-electron chi connectivity index (χ3n) is 4.30. The van der Waals surface area contributed by atoms with E-state index in [-0.39, 0.29) is 11.3 Å². The van der Waals surface area contributed by atoms with Gasteiger partial charge in [-0.15, -0.1) is 11.3 Å². The van der Waals surface area contributed by atoms with E-state index in [2.05, 4.69) is 4.98 Å². The van der Waals surface area contributed by atoms with Crippen molar-refractivity contribution in [2.75, 3.05) is 4.90 Å². The lowest BCUT2D eigenvalue weighted by atomic mass is 10.0. The fourth-order valence-electron chi connectivity index (χ4n) is 3.11. The SMILES string of the molecule is O=C1C(=O)N(c2cccc(Cl)c2)C(c2cccs2)/C1=C(/O)c1ccncc1. The molecule has 1 amide bonds. The van der Waals surface area contributed by atoms with Crippen LogP contribution in [0.25, 0.3) is 5.76 Å². The second kappa shape index (κ2) is 6.98. The van der Waals surface area contributed by atoms with Crippen LogP contribution in [0.4, 0.5) is 5.69 Å². The first-order valence-electron chi connectivity index (χ1n) is 8.08. The van der Waals surface area contributed by atoms with Crippen molar-refractivity contribution < 1.29 is 14.7 Å². The number of aliphatic hydroxyl groups is 1. The van der Waals surface area contributed by atoms with Crippen LogP contribution in [-0.2, 0) is 9.59 Å². The van der Waals surface area contributed by atoms with Crippen molar-refractivity contribution in [3.63, 3.8) is 0 Å². The second-order valence-electron chi connectivity index (χ2n) is 5.90. The van der Waals surface area contributed by atoms with E-state index in [1.165, 1.54) is 28.6 Å². The zero-order chi connectivity index (χ0) is 19.0. The number of carbonyl (C=O) groups excluding carboxylic acids is 2. The number of carbonyl (C=O) groups is 2. The van der Waals surface area contributed by atoms with Gasteiger partial charge in [-0.1, -0.05) is 23.7 Å². The van der Waals surface area contributed by atoms with E-state index in [0.29, 0.717) is 16.3 Å². The Balaban J connectivity index is 1.94. The highest BCUT2D eigenvalue weighted by Gasteiger charge is 2.47. The molecule has 1 unspecified atom stereocenters. The summed E-state index contributed by atoms with van der Waals surface area (Å²) in [4.78, 5) is 31.8. The minimum atomic E-state index is -0.734. The summed E-state index contributed by atoms with van der Waals surface area (Å²) in [5, 5.41) is 13.1. The Hall–Kier alpha value is -2.96. The van der Waals surface area contributed by atoms with Gasteiger partial charge in [-0.05, 0) is 41.8 Å². The predicted molar refractivity (Wildman–Crippen MR) is 105 cm³/mol. The van der Waals surface area contributed by atoms with E-state index in [1.54, 1.807) is 36.4 Å². The van der Waals surface area contributed by atoms with Crippen molar-refractivity contribution in [2.24, 2.45) is 0 Å². The van der Waals surface area contributed by atoms with Gasteiger partial charge in [0, 0.05) is 33.5 Å². The molecule has 1 aliphatic heterocycles. The molecule has 134 valence electrons. The highest BCUT2D eigenvalue weighted by atomic mass is 35.5. The lowest BCUT2D eigenvalue weighted by Crippen LogP contribution is -2.29. The maximum Gasteiger partial charge on any atom is 0.300 e. The summed E-state index contributed by atoms with van der Waals surface area (Å²) in [5.41, 5.74) is 0.973. The van der Waals surface area contributed by atoms with Crippen LogP contribution in [0.2, 0.25) is 5.02 Å². The molecule has 1 aliphatic rings. The lowest BCUT2D eigenvalue weighted by molar-refractivity contribution is -0.132. The number of rotatable bonds is 3. The molecule has 0 spiro atoms. The Morgan fingerprint density at radius 1 is 1.11 bits per heavy atom. The first kappa shape index (κ1) is 17.5. The van der Waals surface area contributed by atoms with E-state index >= 15 is 0 Å². The van der Waals surface area contributed by atoms with Gasteiger partial charge in [-0.25, -0.2) is 0 Å². The number of aromatic nitrogens is 1. The van der Waals surface area contributed by atoms with Gasteiger partial charge in [0.05, 0.1) is 5.57 Å². The van der Waals surface area contributed by atoms with Gasteiger partial charge in [0.1, 0.15) is 11.8 Å². The highest BCUT2D eigenvalue weighted by Crippen LogP contribution is 2.43. The molecule has 5 nitrogen and oxygen atoms in total. The van der Waals surface area contributed by atoms with Crippen molar-refractivity contribution in [1.82, 2.24) is 4.98 Å². The number of aliphatic hydroxyl groups excluding tert-OH is 1. The number of thiophene rings is 1. The van der Waals surface area contributed by atoms with E-state index < -0.39 is 17.7 Å². The van der Waals surface area contributed by atoms with Gasteiger partial charge in [0.15, 0.2) is 0 Å². The topological polar surface area (TPSA) is 70.5 Å². The van der Waals surface area contributed by atoms with Crippen LogP contribution < -0.4 is 4.90 Å². The van der Waals surface area contributed by atoms with Gasteiger partial charge in [0.2, 0.25) is 0 Å². The summed E-state index contributed by atoms with van der Waals surface area (Å²) in [6, 6.07) is 12.9. The van der Waals surface area contributed by atoms with Crippen LogP contribution >= 0.6 is 22.9 Å². The molecule has 27 heavy (non-hydrogen) atoms. The summed E-state index contributed by atoms with van der Waals surface area (Å²) in [6.45, 7) is 0. The van der Waals surface area contributed by atoms with Gasteiger partial charge < -0.3 is 5.11 Å². The molecule has 0 bridgehead atoms. The van der Waals surface area contributed by atoms with Crippen molar-refractivity contribution in [2.45, 2.75) is 6.04 Å². The zero-order valence-corrected chi connectivity index (χ0v) is 15.4. The minimum Gasteiger partial charge on any atom is -0.507 e. The molecule has 1 atom stereocenters. The summed E-state index contributed by atoms with van der Waals surface area (Å²) >= 11 is 7.49. The molecule has 1 fully saturated rings. The van der Waals surface area contributed by atoms with Crippen LogP contribution in [0.1, 0.15) is 16.5 Å². The van der Waals surface area contributed by atoms with E-state index in [9.17, 15) is 14.7 Å². The number of pyridine rings is 1. The molecule has 3 heterocycles. The molecule has 0 aliphatic carbocycles. The normalized spacial score (nSPS) is 18.9. The number of Topliss-reactive ketones (excluding diaryl/α,β-unsaturated/α-hetero) is 1. The number of hydrogen-bond donors (Lipinski definition) is 1. The third kappa shape index (κ3) is 3.03. The van der Waals surface area contributed by atoms with Crippen LogP contribution in [0, 0.1) is 0 Å². The average Bonchev–Trinajstić information content (AvgIpc) is 3.29. The summed E-state index contributed by atoms with van der Waals surface area (Å²) in [5.74, 6) is -1.66. The number of anilines is 1. The Labute approximate surface area is 164 Å². The smallest absolute Gasteiger partial charge is 0.300 e. The standard InChI is InChI=1S/C20H13ClN2O3S/c21-13-3-1-4-14(11-13)23-17(15-5-2-10-27-15)16(19(25)20(23)26)18(24)12-6-8-22-9-7-12/h1-11,17,24H/b18-16-. The number of amides is 1. The fourth-order valence-corrected chi connectivity index (χ4v) is 4.11. The monoisotopic (exact) mass is 396 g/mol. The van der Waals surface area contributed by atoms with Gasteiger partial charge in [0.25, 0.3) is 11.7 Å². The zero-order valence-electron chi connectivity index (χ0n) is 13.9. The average molecular weight is 397 g/mol. The maximum atomic E-state index is 12.8. The molecule has 1 aromatic carbocycles. The Morgan fingerprint density at radius 2 is 1.89 bits per heavy atom. The van der Waals surface area contributed by atoms with Crippen molar-refractivity contribution in [1.29, 1.82) is 0 Å². The second-order valence-corrected chi connectivity index (χ2v) is 7.32. The summed E-state index contributed by atoms with van der Waals surface area (Å²) in [7, 11) is 0. The molecular formula is C20H13ClN2O3S. The largest absolute Gasteiger partial charge is 0.507 e. The van der Waals surface area contributed by atoms with E-state index in [1.807, 2.05) is 17.5 Å². The fraction of sp³-hybridized carbons (Fsp3) is 0.0500. The third-order valence-corrected chi connectivity index (χ3v) is 5.46. The lowest BCUT2D eigenvalue weighted by Gasteiger charge is -2.24. The first-order valence-corrected chi connectivity index (χ1v) is 9.34. The van der Waals surface area contributed by atoms with Crippen LogP contribution in [0.5, 0.6) is 0 Å². The van der Waals surface area contributed by atoms with Crippen LogP contribution in [0.3, 0.4) is 0 Å². The first-order chi connectivity index (χ1) is 13.1. The minimum absolute atomic E-state index is 0.0497. The molecule has 3 aromatic rings. The Morgan fingerprint density at radius 3 is 2.56 bits per heavy atom. The van der Waals surface area contributed by atoms with E-state index in [0.717, 1.165) is 4.88 Å².